The minimum Gasteiger partial charge on any atom is -0.370 e. The average molecular weight is 359 g/mol. The zero-order valence-corrected chi connectivity index (χ0v) is 13.3. The number of anilines is 1. The molecule has 18 heavy (non-hydrogen) atoms. The molecule has 0 aliphatic heterocycles. The van der Waals surface area contributed by atoms with E-state index in [1.807, 2.05) is 12.1 Å². The van der Waals surface area contributed by atoms with Crippen LogP contribution >= 0.6 is 24.0 Å². The zero-order chi connectivity index (χ0) is 12.3. The van der Waals surface area contributed by atoms with Gasteiger partial charge < -0.3 is 11.1 Å². The summed E-state index contributed by atoms with van der Waals surface area (Å²) in [6, 6.07) is 8.73. The summed E-state index contributed by atoms with van der Waals surface area (Å²) >= 11 is 0. The molecule has 2 atom stereocenters. The molecular formula is C14H22IN3. The van der Waals surface area contributed by atoms with Crippen LogP contribution in [0.2, 0.25) is 0 Å². The van der Waals surface area contributed by atoms with E-state index in [1.54, 1.807) is 0 Å². The Labute approximate surface area is 126 Å². The van der Waals surface area contributed by atoms with Crippen molar-refractivity contribution < 1.29 is 0 Å². The first-order chi connectivity index (χ1) is 8.19. The van der Waals surface area contributed by atoms with Crippen LogP contribution in [0.3, 0.4) is 0 Å². The maximum Gasteiger partial charge on any atom is 0.193 e. The van der Waals surface area contributed by atoms with Crippen LogP contribution in [0.4, 0.5) is 5.69 Å². The molecule has 0 heterocycles. The van der Waals surface area contributed by atoms with Gasteiger partial charge in [-0.25, -0.2) is 4.99 Å². The molecule has 1 aromatic rings. The van der Waals surface area contributed by atoms with Gasteiger partial charge in [-0.15, -0.1) is 24.0 Å². The van der Waals surface area contributed by atoms with Gasteiger partial charge in [0.25, 0.3) is 0 Å². The van der Waals surface area contributed by atoms with Gasteiger partial charge in [-0.3, -0.25) is 0 Å². The van der Waals surface area contributed by atoms with E-state index in [0.717, 1.165) is 18.5 Å². The van der Waals surface area contributed by atoms with Crippen LogP contribution in [0.25, 0.3) is 0 Å². The van der Waals surface area contributed by atoms with Crippen LogP contribution in [0, 0.1) is 5.92 Å². The first-order valence-electron chi connectivity index (χ1n) is 6.38. The molecule has 2 rings (SSSR count). The topological polar surface area (TPSA) is 50.4 Å². The number of rotatable bonds is 3. The lowest BCUT2D eigenvalue weighted by atomic mass is 9.82. The summed E-state index contributed by atoms with van der Waals surface area (Å²) in [6.45, 7) is 4.37. The third kappa shape index (κ3) is 3.86. The Bertz CT molecular complexity index is 400. The van der Waals surface area contributed by atoms with Crippen LogP contribution in [-0.2, 0) is 6.42 Å². The molecule has 3 nitrogen and oxygen atoms in total. The highest BCUT2D eigenvalue weighted by molar-refractivity contribution is 14.0. The van der Waals surface area contributed by atoms with Gasteiger partial charge in [-0.1, -0.05) is 26.0 Å². The molecule has 1 aromatic carbocycles. The Morgan fingerprint density at radius 1 is 1.33 bits per heavy atom. The highest BCUT2D eigenvalue weighted by Gasteiger charge is 2.26. The van der Waals surface area contributed by atoms with Crippen molar-refractivity contribution in [3.05, 3.63) is 29.8 Å². The van der Waals surface area contributed by atoms with Crippen LogP contribution < -0.4 is 11.1 Å². The summed E-state index contributed by atoms with van der Waals surface area (Å²) < 4.78 is 0. The van der Waals surface area contributed by atoms with Crippen molar-refractivity contribution in [3.63, 3.8) is 0 Å². The second kappa shape index (κ2) is 6.97. The molecular weight excluding hydrogens is 337 g/mol. The molecule has 0 bridgehead atoms. The first-order valence-corrected chi connectivity index (χ1v) is 6.38. The van der Waals surface area contributed by atoms with Gasteiger partial charge in [0, 0.05) is 5.69 Å². The summed E-state index contributed by atoms with van der Waals surface area (Å²) in [5.74, 6) is 1.21. The summed E-state index contributed by atoms with van der Waals surface area (Å²) in [7, 11) is 0. The van der Waals surface area contributed by atoms with Crippen molar-refractivity contribution in [2.24, 2.45) is 16.6 Å². The predicted molar refractivity (Wildman–Crippen MR) is 88.7 cm³/mol. The molecule has 0 amide bonds. The summed E-state index contributed by atoms with van der Waals surface area (Å²) in [6.07, 6.45) is 3.49. The van der Waals surface area contributed by atoms with Crippen molar-refractivity contribution in [2.45, 2.75) is 39.2 Å². The molecule has 1 saturated carbocycles. The number of nitrogens with two attached hydrogens (primary N) is 1. The Morgan fingerprint density at radius 3 is 2.44 bits per heavy atom. The third-order valence-electron chi connectivity index (χ3n) is 3.51. The molecule has 0 spiro atoms. The van der Waals surface area contributed by atoms with Gasteiger partial charge in [0.15, 0.2) is 5.96 Å². The molecule has 4 heteroatoms. The van der Waals surface area contributed by atoms with E-state index in [4.69, 9.17) is 5.73 Å². The Kier molecular flexibility index (Phi) is 5.91. The minimum atomic E-state index is 0. The molecule has 100 valence electrons. The minimum absolute atomic E-state index is 0. The van der Waals surface area contributed by atoms with Gasteiger partial charge >= 0.3 is 0 Å². The lowest BCUT2D eigenvalue weighted by Crippen LogP contribution is -2.32. The predicted octanol–water partition coefficient (Wildman–Crippen LogP) is 3.39. The molecule has 3 N–H and O–H groups in total. The number of guanidine groups is 1. The molecule has 1 aliphatic rings. The van der Waals surface area contributed by atoms with E-state index in [0.29, 0.717) is 17.9 Å². The van der Waals surface area contributed by atoms with Crippen molar-refractivity contribution in [2.75, 3.05) is 5.32 Å². The Morgan fingerprint density at radius 2 is 2.00 bits per heavy atom. The van der Waals surface area contributed by atoms with Gasteiger partial charge in [0.2, 0.25) is 0 Å². The molecule has 1 fully saturated rings. The fourth-order valence-electron chi connectivity index (χ4n) is 2.02. The summed E-state index contributed by atoms with van der Waals surface area (Å²) in [4.78, 5) is 4.48. The fraction of sp³-hybridized carbons (Fsp3) is 0.500. The highest BCUT2D eigenvalue weighted by atomic mass is 127. The van der Waals surface area contributed by atoms with E-state index in [1.165, 1.54) is 12.0 Å². The van der Waals surface area contributed by atoms with E-state index >= 15 is 0 Å². The number of benzene rings is 1. The number of halogens is 1. The number of nitrogens with zero attached hydrogens (tertiary/aromatic N) is 1. The van der Waals surface area contributed by atoms with Crippen LogP contribution in [-0.4, -0.2) is 12.0 Å². The molecule has 0 aromatic heterocycles. The van der Waals surface area contributed by atoms with Crippen molar-refractivity contribution in [1.82, 2.24) is 0 Å². The van der Waals surface area contributed by atoms with Gasteiger partial charge in [-0.05, 0) is 42.9 Å². The van der Waals surface area contributed by atoms with Crippen LogP contribution in [0.15, 0.2) is 29.3 Å². The number of nitrogens with one attached hydrogen (secondary N) is 1. The molecule has 0 radical (unpaired) electrons. The van der Waals surface area contributed by atoms with E-state index < -0.39 is 0 Å². The van der Waals surface area contributed by atoms with Crippen molar-refractivity contribution in [3.8, 4) is 0 Å². The number of hydrogen-bond donors (Lipinski definition) is 2. The molecule has 1 aliphatic carbocycles. The fourth-order valence-corrected chi connectivity index (χ4v) is 2.02. The smallest absolute Gasteiger partial charge is 0.193 e. The number of aryl methyl sites for hydroxylation is 1. The monoisotopic (exact) mass is 359 g/mol. The van der Waals surface area contributed by atoms with Crippen LogP contribution in [0.5, 0.6) is 0 Å². The standard InChI is InChI=1S/C14H21N3.HI/c1-3-11-5-7-12(8-6-11)16-14(15)17-13-9-4-10(13)2;/h5-8,10,13H,3-4,9H2,1-2H3,(H3,15,16,17);1H. The lowest BCUT2D eigenvalue weighted by molar-refractivity contribution is 0.284. The molecule has 0 saturated heterocycles. The number of aliphatic imine (C=N–C) groups is 1. The van der Waals surface area contributed by atoms with Crippen molar-refractivity contribution >= 4 is 35.6 Å². The SMILES string of the molecule is CCc1ccc(NC(N)=NC2CCC2C)cc1.I. The van der Waals surface area contributed by atoms with E-state index in [-0.39, 0.29) is 24.0 Å². The largest absolute Gasteiger partial charge is 0.370 e. The normalized spacial score (nSPS) is 22.9. The quantitative estimate of drug-likeness (QED) is 0.494. The summed E-state index contributed by atoms with van der Waals surface area (Å²) in [5, 5.41) is 3.14. The van der Waals surface area contributed by atoms with Gasteiger partial charge in [0.1, 0.15) is 0 Å². The van der Waals surface area contributed by atoms with E-state index in [2.05, 4.69) is 36.3 Å². The third-order valence-corrected chi connectivity index (χ3v) is 3.51. The van der Waals surface area contributed by atoms with Crippen LogP contribution in [0.1, 0.15) is 32.3 Å². The summed E-state index contributed by atoms with van der Waals surface area (Å²) in [5.41, 5.74) is 8.23. The van der Waals surface area contributed by atoms with E-state index in [9.17, 15) is 0 Å². The van der Waals surface area contributed by atoms with Crippen molar-refractivity contribution in [1.29, 1.82) is 0 Å². The van der Waals surface area contributed by atoms with Gasteiger partial charge in [0.05, 0.1) is 6.04 Å². The first kappa shape index (κ1) is 15.3. The Hall–Kier alpha value is -0.780. The second-order valence-corrected chi connectivity index (χ2v) is 4.81. The maximum atomic E-state index is 5.89. The average Bonchev–Trinajstić information content (AvgIpc) is 2.35. The maximum absolute atomic E-state index is 5.89. The Balaban J connectivity index is 0.00000162. The number of hydrogen-bond acceptors (Lipinski definition) is 1. The lowest BCUT2D eigenvalue weighted by Gasteiger charge is -2.30. The van der Waals surface area contributed by atoms with Gasteiger partial charge in [-0.2, -0.15) is 0 Å². The molecule has 2 unspecified atom stereocenters. The highest BCUT2D eigenvalue weighted by Crippen LogP contribution is 2.29. The second-order valence-electron chi connectivity index (χ2n) is 4.81. The zero-order valence-electron chi connectivity index (χ0n) is 11.0.